The number of rotatable bonds is 3. The van der Waals surface area contributed by atoms with Crippen LogP contribution in [0, 0.1) is 12.7 Å². The van der Waals surface area contributed by atoms with Crippen LogP contribution in [0.4, 0.5) is 4.39 Å². The van der Waals surface area contributed by atoms with Crippen LogP contribution in [0.2, 0.25) is 0 Å². The summed E-state index contributed by atoms with van der Waals surface area (Å²) >= 11 is 0. The molecule has 0 unspecified atom stereocenters. The van der Waals surface area contributed by atoms with Gasteiger partial charge in [0.25, 0.3) is 5.56 Å². The Labute approximate surface area is 107 Å². The summed E-state index contributed by atoms with van der Waals surface area (Å²) in [5, 5.41) is 0. The third kappa shape index (κ3) is 2.85. The average Bonchev–Trinajstić information content (AvgIpc) is 2.36. The summed E-state index contributed by atoms with van der Waals surface area (Å²) in [5.74, 6) is -0.776. The highest BCUT2D eigenvalue weighted by Crippen LogP contribution is 2.04. The summed E-state index contributed by atoms with van der Waals surface area (Å²) in [6, 6.07) is 5.05. The monoisotopic (exact) mass is 262 g/mol. The third-order valence-corrected chi connectivity index (χ3v) is 2.67. The number of aromatic nitrogens is 2. The van der Waals surface area contributed by atoms with E-state index in [1.807, 2.05) is 0 Å². The topological polar surface area (TPSA) is 71.9 Å². The molecule has 0 fully saturated rings. The van der Waals surface area contributed by atoms with E-state index in [4.69, 9.17) is 0 Å². The van der Waals surface area contributed by atoms with Gasteiger partial charge in [-0.2, -0.15) is 0 Å². The Hall–Kier alpha value is -2.50. The molecule has 0 bridgehead atoms. The van der Waals surface area contributed by atoms with Crippen LogP contribution in [-0.2, 0) is 6.54 Å². The highest BCUT2D eigenvalue weighted by molar-refractivity contribution is 5.95. The Kier molecular flexibility index (Phi) is 3.41. The van der Waals surface area contributed by atoms with Gasteiger partial charge in [0.2, 0.25) is 0 Å². The van der Waals surface area contributed by atoms with Crippen molar-refractivity contribution in [3.8, 4) is 0 Å². The lowest BCUT2D eigenvalue weighted by atomic mass is 10.1. The van der Waals surface area contributed by atoms with E-state index < -0.39 is 17.1 Å². The second-order valence-corrected chi connectivity index (χ2v) is 4.13. The van der Waals surface area contributed by atoms with Crippen molar-refractivity contribution in [3.63, 3.8) is 0 Å². The lowest BCUT2D eigenvalue weighted by Crippen LogP contribution is -2.32. The van der Waals surface area contributed by atoms with Gasteiger partial charge in [-0.3, -0.25) is 19.1 Å². The van der Waals surface area contributed by atoms with Crippen LogP contribution in [0.3, 0.4) is 0 Å². The minimum absolute atomic E-state index is 0.206. The minimum atomic E-state index is -0.647. The lowest BCUT2D eigenvalue weighted by Gasteiger charge is -2.05. The van der Waals surface area contributed by atoms with Gasteiger partial charge in [0.1, 0.15) is 5.82 Å². The molecule has 2 aromatic rings. The number of benzene rings is 1. The van der Waals surface area contributed by atoms with Crippen LogP contribution in [0.5, 0.6) is 0 Å². The maximum Gasteiger partial charge on any atom is 0.328 e. The van der Waals surface area contributed by atoms with Gasteiger partial charge in [0.15, 0.2) is 5.78 Å². The summed E-state index contributed by atoms with van der Waals surface area (Å²) in [6.07, 6.45) is 1.32. The Morgan fingerprint density at radius 3 is 2.53 bits per heavy atom. The molecule has 2 rings (SSSR count). The zero-order valence-corrected chi connectivity index (χ0v) is 10.1. The first-order chi connectivity index (χ1) is 8.97. The van der Waals surface area contributed by atoms with Crippen molar-refractivity contribution in [3.05, 3.63) is 68.2 Å². The van der Waals surface area contributed by atoms with Crippen LogP contribution in [-0.4, -0.2) is 15.3 Å². The van der Waals surface area contributed by atoms with Gasteiger partial charge in [0.05, 0.1) is 6.54 Å². The number of ketones is 1. The minimum Gasteiger partial charge on any atom is -0.293 e. The number of hydrogen-bond acceptors (Lipinski definition) is 3. The van der Waals surface area contributed by atoms with E-state index in [9.17, 15) is 18.8 Å². The van der Waals surface area contributed by atoms with E-state index in [0.717, 1.165) is 4.57 Å². The molecule has 0 radical (unpaired) electrons. The van der Waals surface area contributed by atoms with Crippen molar-refractivity contribution in [1.82, 2.24) is 9.55 Å². The normalized spacial score (nSPS) is 10.4. The SMILES string of the molecule is Cc1cn(CC(=O)c2ccc(F)cc2)c(=O)[nH]c1=O. The number of H-pyrrole nitrogens is 1. The molecule has 0 saturated heterocycles. The van der Waals surface area contributed by atoms with E-state index in [2.05, 4.69) is 4.98 Å². The standard InChI is InChI=1S/C13H11FN2O3/c1-8-6-16(13(19)15-12(8)18)7-11(17)9-2-4-10(14)5-3-9/h2-6H,7H2,1H3,(H,15,18,19). The fraction of sp³-hybridized carbons (Fsp3) is 0.154. The molecule has 0 atom stereocenters. The van der Waals surface area contributed by atoms with Crippen LogP contribution < -0.4 is 11.2 Å². The Morgan fingerprint density at radius 2 is 1.89 bits per heavy atom. The summed E-state index contributed by atoms with van der Waals surface area (Å²) in [4.78, 5) is 36.7. The van der Waals surface area contributed by atoms with Gasteiger partial charge in [-0.05, 0) is 31.2 Å². The van der Waals surface area contributed by atoms with Gasteiger partial charge in [-0.25, -0.2) is 9.18 Å². The molecule has 1 heterocycles. The van der Waals surface area contributed by atoms with Gasteiger partial charge in [-0.15, -0.1) is 0 Å². The zero-order valence-electron chi connectivity index (χ0n) is 10.1. The first-order valence-corrected chi connectivity index (χ1v) is 5.56. The number of hydrogen-bond donors (Lipinski definition) is 1. The molecule has 0 saturated carbocycles. The summed E-state index contributed by atoms with van der Waals surface area (Å²) in [7, 11) is 0. The van der Waals surface area contributed by atoms with Crippen LogP contribution in [0.1, 0.15) is 15.9 Å². The number of aryl methyl sites for hydroxylation is 1. The number of halogens is 1. The second-order valence-electron chi connectivity index (χ2n) is 4.13. The lowest BCUT2D eigenvalue weighted by molar-refractivity contribution is 0.0970. The molecule has 1 N–H and O–H groups in total. The number of carbonyl (C=O) groups excluding carboxylic acids is 1. The maximum absolute atomic E-state index is 12.7. The van der Waals surface area contributed by atoms with Crippen LogP contribution in [0.15, 0.2) is 40.1 Å². The Balaban J connectivity index is 2.29. The molecule has 0 aliphatic carbocycles. The van der Waals surface area contributed by atoms with Crippen molar-refractivity contribution >= 4 is 5.78 Å². The van der Waals surface area contributed by atoms with E-state index in [1.165, 1.54) is 37.4 Å². The molecule has 6 heteroatoms. The fourth-order valence-corrected chi connectivity index (χ4v) is 1.62. The van der Waals surface area contributed by atoms with E-state index in [0.29, 0.717) is 11.1 Å². The van der Waals surface area contributed by atoms with Gasteiger partial charge < -0.3 is 0 Å². The average molecular weight is 262 g/mol. The van der Waals surface area contributed by atoms with Crippen molar-refractivity contribution < 1.29 is 9.18 Å². The van der Waals surface area contributed by atoms with Crippen molar-refractivity contribution in [2.45, 2.75) is 13.5 Å². The van der Waals surface area contributed by atoms with Crippen LogP contribution >= 0.6 is 0 Å². The molecule has 5 nitrogen and oxygen atoms in total. The van der Waals surface area contributed by atoms with E-state index in [-0.39, 0.29) is 12.3 Å². The predicted molar refractivity (Wildman–Crippen MR) is 66.8 cm³/mol. The van der Waals surface area contributed by atoms with Crippen molar-refractivity contribution in [2.75, 3.05) is 0 Å². The first-order valence-electron chi connectivity index (χ1n) is 5.56. The first kappa shape index (κ1) is 12.9. The molecule has 19 heavy (non-hydrogen) atoms. The molecular weight excluding hydrogens is 251 g/mol. The fourth-order valence-electron chi connectivity index (χ4n) is 1.62. The van der Waals surface area contributed by atoms with Gasteiger partial charge in [0, 0.05) is 17.3 Å². The summed E-state index contributed by atoms with van der Waals surface area (Å²) in [5.41, 5.74) is -0.481. The maximum atomic E-state index is 12.7. The molecule has 0 amide bonds. The van der Waals surface area contributed by atoms with Crippen LogP contribution in [0.25, 0.3) is 0 Å². The number of nitrogens with one attached hydrogen (secondary N) is 1. The van der Waals surface area contributed by atoms with E-state index >= 15 is 0 Å². The smallest absolute Gasteiger partial charge is 0.293 e. The Morgan fingerprint density at radius 1 is 1.26 bits per heavy atom. The number of aromatic amines is 1. The van der Waals surface area contributed by atoms with Gasteiger partial charge in [-0.1, -0.05) is 0 Å². The second kappa shape index (κ2) is 5.01. The quantitative estimate of drug-likeness (QED) is 0.834. The molecule has 0 aliphatic rings. The third-order valence-electron chi connectivity index (χ3n) is 2.67. The number of carbonyl (C=O) groups is 1. The zero-order chi connectivity index (χ0) is 14.0. The number of nitrogens with zero attached hydrogens (tertiary/aromatic N) is 1. The molecule has 98 valence electrons. The van der Waals surface area contributed by atoms with Gasteiger partial charge >= 0.3 is 5.69 Å². The molecule has 0 spiro atoms. The van der Waals surface area contributed by atoms with E-state index in [1.54, 1.807) is 0 Å². The Bertz CT molecular complexity index is 729. The highest BCUT2D eigenvalue weighted by atomic mass is 19.1. The molecule has 0 aliphatic heterocycles. The molecular formula is C13H11FN2O3. The molecule has 1 aromatic heterocycles. The largest absolute Gasteiger partial charge is 0.328 e. The van der Waals surface area contributed by atoms with Crippen molar-refractivity contribution in [1.29, 1.82) is 0 Å². The summed E-state index contributed by atoms with van der Waals surface area (Å²) < 4.78 is 13.8. The van der Waals surface area contributed by atoms with Crippen molar-refractivity contribution in [2.24, 2.45) is 0 Å². The predicted octanol–water partition coefficient (Wildman–Crippen LogP) is 0.867. The number of Topliss-reactive ketones (excluding diaryl/α,β-unsaturated/α-hetero) is 1. The summed E-state index contributed by atoms with van der Waals surface area (Å²) in [6.45, 7) is 1.33. The molecule has 1 aromatic carbocycles. The highest BCUT2D eigenvalue weighted by Gasteiger charge is 2.09.